The lowest BCUT2D eigenvalue weighted by molar-refractivity contribution is -0.137. The first kappa shape index (κ1) is 20.9. The lowest BCUT2D eigenvalue weighted by atomic mass is 10.2. The number of halogens is 4. The largest absolute Gasteiger partial charge is 0.497 e. The summed E-state index contributed by atoms with van der Waals surface area (Å²) in [6, 6.07) is 11.7. The topological polar surface area (TPSA) is 59.1 Å². The third-order valence-electron chi connectivity index (χ3n) is 4.55. The van der Waals surface area contributed by atoms with Gasteiger partial charge in [0, 0.05) is 12.7 Å². The van der Waals surface area contributed by atoms with E-state index in [2.05, 4.69) is 20.0 Å². The first-order chi connectivity index (χ1) is 14.8. The van der Waals surface area contributed by atoms with E-state index in [1.165, 1.54) is 0 Å². The molecule has 160 valence electrons. The van der Waals surface area contributed by atoms with E-state index in [0.29, 0.717) is 18.1 Å². The number of anilines is 3. The lowest BCUT2D eigenvalue weighted by Gasteiger charge is -2.10. The van der Waals surface area contributed by atoms with Gasteiger partial charge in [-0.3, -0.25) is 4.98 Å². The first-order valence-corrected chi connectivity index (χ1v) is 9.87. The van der Waals surface area contributed by atoms with Crippen molar-refractivity contribution >= 4 is 38.9 Å². The number of hydrogen-bond donors (Lipinski definition) is 2. The number of alkyl halides is 3. The van der Waals surface area contributed by atoms with Gasteiger partial charge in [-0.2, -0.15) is 17.5 Å². The monoisotopic (exact) mass is 448 g/mol. The molecular weight excluding hydrogens is 432 g/mol. The van der Waals surface area contributed by atoms with Crippen LogP contribution in [0.15, 0.2) is 54.7 Å². The van der Waals surface area contributed by atoms with Crippen molar-refractivity contribution in [3.05, 3.63) is 71.7 Å². The van der Waals surface area contributed by atoms with Gasteiger partial charge in [0.2, 0.25) is 0 Å². The minimum Gasteiger partial charge on any atom is -0.497 e. The van der Waals surface area contributed by atoms with Gasteiger partial charge in [0.05, 0.1) is 28.7 Å². The van der Waals surface area contributed by atoms with E-state index < -0.39 is 17.6 Å². The quantitative estimate of drug-likeness (QED) is 0.343. The summed E-state index contributed by atoms with van der Waals surface area (Å²) in [7, 11) is 1.60. The Bertz CT molecular complexity index is 1210. The van der Waals surface area contributed by atoms with E-state index in [-0.39, 0.29) is 11.5 Å². The molecule has 0 bridgehead atoms. The van der Waals surface area contributed by atoms with Crippen LogP contribution in [0.5, 0.6) is 5.75 Å². The molecule has 10 heteroatoms. The maximum Gasteiger partial charge on any atom is 0.416 e. The Hall–Kier alpha value is -3.40. The molecule has 0 saturated carbocycles. The molecular formula is C21H16F4N4OS. The Morgan fingerprint density at radius 1 is 1.03 bits per heavy atom. The minimum atomic E-state index is -4.61. The summed E-state index contributed by atoms with van der Waals surface area (Å²) < 4.78 is 62.6. The Kier molecular flexibility index (Phi) is 5.64. The van der Waals surface area contributed by atoms with Crippen LogP contribution in [0.1, 0.15) is 11.1 Å². The minimum absolute atomic E-state index is 0.112. The molecule has 0 aliphatic rings. The summed E-state index contributed by atoms with van der Waals surface area (Å²) in [5, 5.41) is 6.06. The maximum atomic E-state index is 14.2. The van der Waals surface area contributed by atoms with Gasteiger partial charge in [-0.05, 0) is 53.5 Å². The van der Waals surface area contributed by atoms with Gasteiger partial charge in [-0.25, -0.2) is 4.39 Å². The summed E-state index contributed by atoms with van der Waals surface area (Å²) >= 11 is 1.15. The van der Waals surface area contributed by atoms with Crippen LogP contribution >= 0.6 is 11.5 Å². The number of benzene rings is 2. The molecule has 0 aliphatic carbocycles. The van der Waals surface area contributed by atoms with Crippen LogP contribution in [0.25, 0.3) is 10.2 Å². The molecule has 2 aromatic heterocycles. The Morgan fingerprint density at radius 3 is 2.48 bits per heavy atom. The summed E-state index contributed by atoms with van der Waals surface area (Å²) in [5.41, 5.74) is 1.16. The van der Waals surface area contributed by atoms with Crippen LogP contribution in [0.4, 0.5) is 34.8 Å². The van der Waals surface area contributed by atoms with Crippen LogP contribution in [-0.2, 0) is 12.7 Å². The average Bonchev–Trinajstić information content (AvgIpc) is 3.17. The molecule has 2 N–H and O–H groups in total. The van der Waals surface area contributed by atoms with E-state index in [9.17, 15) is 17.6 Å². The zero-order chi connectivity index (χ0) is 22.0. The summed E-state index contributed by atoms with van der Waals surface area (Å²) in [6.45, 7) is 0.553. The SMILES string of the molecule is COc1ccc(CNc2ccnc3c(Nc4ccc(C(F)(F)F)cc4F)nsc23)cc1. The van der Waals surface area contributed by atoms with E-state index in [4.69, 9.17) is 4.74 Å². The molecule has 0 saturated heterocycles. The van der Waals surface area contributed by atoms with Gasteiger partial charge < -0.3 is 15.4 Å². The highest BCUT2D eigenvalue weighted by molar-refractivity contribution is 7.14. The van der Waals surface area contributed by atoms with Crippen molar-refractivity contribution in [2.24, 2.45) is 0 Å². The van der Waals surface area contributed by atoms with Crippen molar-refractivity contribution in [1.82, 2.24) is 9.36 Å². The summed E-state index contributed by atoms with van der Waals surface area (Å²) in [5.74, 6) is 0.0141. The van der Waals surface area contributed by atoms with Crippen LogP contribution in [0.3, 0.4) is 0 Å². The number of hydrogen-bond acceptors (Lipinski definition) is 6. The molecule has 0 atom stereocenters. The third kappa shape index (κ3) is 4.53. The smallest absolute Gasteiger partial charge is 0.416 e. The van der Waals surface area contributed by atoms with Gasteiger partial charge in [0.15, 0.2) is 5.82 Å². The lowest BCUT2D eigenvalue weighted by Crippen LogP contribution is -2.06. The van der Waals surface area contributed by atoms with Crippen molar-refractivity contribution in [3.63, 3.8) is 0 Å². The van der Waals surface area contributed by atoms with Crippen LogP contribution in [-0.4, -0.2) is 16.5 Å². The molecule has 5 nitrogen and oxygen atoms in total. The zero-order valence-corrected chi connectivity index (χ0v) is 16.9. The van der Waals surface area contributed by atoms with Crippen LogP contribution < -0.4 is 15.4 Å². The van der Waals surface area contributed by atoms with Gasteiger partial charge in [0.1, 0.15) is 17.1 Å². The van der Waals surface area contributed by atoms with Gasteiger partial charge in [-0.1, -0.05) is 12.1 Å². The van der Waals surface area contributed by atoms with Crippen molar-refractivity contribution in [3.8, 4) is 5.75 Å². The van der Waals surface area contributed by atoms with Crippen LogP contribution in [0, 0.1) is 5.82 Å². The normalized spacial score (nSPS) is 11.5. The second-order valence-corrected chi connectivity index (χ2v) is 7.36. The number of aromatic nitrogens is 2. The van der Waals surface area contributed by atoms with Crippen LogP contribution in [0.2, 0.25) is 0 Å². The Morgan fingerprint density at radius 2 is 1.81 bits per heavy atom. The highest BCUT2D eigenvalue weighted by atomic mass is 32.1. The number of methoxy groups -OCH3 is 1. The van der Waals surface area contributed by atoms with Crippen molar-refractivity contribution in [1.29, 1.82) is 0 Å². The molecule has 2 heterocycles. The molecule has 4 rings (SSSR count). The predicted octanol–water partition coefficient (Wildman–Crippen LogP) is 6.21. The Balaban J connectivity index is 1.54. The van der Waals surface area contributed by atoms with E-state index in [1.807, 2.05) is 24.3 Å². The van der Waals surface area contributed by atoms with Crippen molar-refractivity contribution < 1.29 is 22.3 Å². The fourth-order valence-corrected chi connectivity index (χ4v) is 3.72. The highest BCUT2D eigenvalue weighted by Gasteiger charge is 2.31. The molecule has 0 amide bonds. The van der Waals surface area contributed by atoms with E-state index >= 15 is 0 Å². The number of ether oxygens (including phenoxy) is 1. The average molecular weight is 448 g/mol. The zero-order valence-electron chi connectivity index (χ0n) is 16.1. The molecule has 0 unspecified atom stereocenters. The molecule has 2 aromatic carbocycles. The maximum absolute atomic E-state index is 14.2. The molecule has 0 fully saturated rings. The summed E-state index contributed by atoms with van der Waals surface area (Å²) in [4.78, 5) is 4.29. The predicted molar refractivity (Wildman–Crippen MR) is 112 cm³/mol. The van der Waals surface area contributed by atoms with Gasteiger partial charge in [0.25, 0.3) is 0 Å². The molecule has 0 radical (unpaired) electrons. The first-order valence-electron chi connectivity index (χ1n) is 9.10. The van der Waals surface area contributed by atoms with Crippen molar-refractivity contribution in [2.45, 2.75) is 12.7 Å². The van der Waals surface area contributed by atoms with E-state index in [1.54, 1.807) is 19.4 Å². The molecule has 0 spiro atoms. The standard InChI is InChI=1S/C21H16F4N4OS/c1-30-14-5-2-12(3-6-14)11-27-17-8-9-26-18-19(17)31-29-20(18)28-16-7-4-13(10-15(16)22)21(23,24)25/h2-10H,11H2,1H3,(H,26,27)(H,28,29). The number of pyridine rings is 1. The van der Waals surface area contributed by atoms with Gasteiger partial charge in [-0.15, -0.1) is 0 Å². The Labute approximate surface area is 178 Å². The molecule has 0 aliphatic heterocycles. The highest BCUT2D eigenvalue weighted by Crippen LogP contribution is 2.35. The fourth-order valence-electron chi connectivity index (χ4n) is 2.93. The number of rotatable bonds is 6. The second-order valence-electron chi connectivity index (χ2n) is 6.59. The van der Waals surface area contributed by atoms with Crippen molar-refractivity contribution in [2.75, 3.05) is 17.7 Å². The molecule has 4 aromatic rings. The number of nitrogens with zero attached hydrogens (tertiary/aromatic N) is 2. The number of fused-ring (bicyclic) bond motifs is 1. The second kappa shape index (κ2) is 8.38. The molecule has 31 heavy (non-hydrogen) atoms. The fraction of sp³-hybridized carbons (Fsp3) is 0.143. The van der Waals surface area contributed by atoms with Gasteiger partial charge >= 0.3 is 6.18 Å². The number of nitrogens with one attached hydrogen (secondary N) is 2. The third-order valence-corrected chi connectivity index (χ3v) is 5.42. The summed E-state index contributed by atoms with van der Waals surface area (Å²) in [6.07, 6.45) is -3.03. The van der Waals surface area contributed by atoms with E-state index in [0.717, 1.165) is 45.4 Å².